The number of carbonyl (C=O) groups excluding carboxylic acids is 1. The zero-order valence-corrected chi connectivity index (χ0v) is 12.9. The van der Waals surface area contributed by atoms with Crippen molar-refractivity contribution in [2.75, 3.05) is 6.61 Å². The van der Waals surface area contributed by atoms with Crippen LogP contribution in [0.2, 0.25) is 0 Å². The highest BCUT2D eigenvalue weighted by molar-refractivity contribution is 5.84. The Kier molecular flexibility index (Phi) is 4.46. The summed E-state index contributed by atoms with van der Waals surface area (Å²) < 4.78 is 7.13. The van der Waals surface area contributed by atoms with E-state index in [0.717, 1.165) is 23.1 Å². The number of ether oxygens (including phenoxy) is 1. The number of esters is 1. The summed E-state index contributed by atoms with van der Waals surface area (Å²) in [5.41, 5.74) is 1.24. The smallest absolute Gasteiger partial charge is 0.316 e. The minimum Gasteiger partial charge on any atom is -0.465 e. The quantitative estimate of drug-likeness (QED) is 0.604. The third-order valence-electron chi connectivity index (χ3n) is 3.76. The molecule has 1 heterocycles. The van der Waals surface area contributed by atoms with E-state index in [9.17, 15) is 4.79 Å². The van der Waals surface area contributed by atoms with Crippen LogP contribution in [-0.4, -0.2) is 22.4 Å². The Bertz CT molecular complexity index is 660. The van der Waals surface area contributed by atoms with Crippen molar-refractivity contribution in [3.63, 3.8) is 0 Å². The molecule has 0 amide bonds. The van der Waals surface area contributed by atoms with Crippen LogP contribution in [0, 0.1) is 5.41 Å². The van der Waals surface area contributed by atoms with E-state index in [1.165, 1.54) is 0 Å². The van der Waals surface area contributed by atoms with E-state index in [0.29, 0.717) is 13.0 Å². The molecule has 2 aromatic rings. The highest BCUT2D eigenvalue weighted by atomic mass is 16.5. The van der Waals surface area contributed by atoms with Crippen molar-refractivity contribution in [1.29, 1.82) is 0 Å². The standard InChI is InChI=1S/C17H22N2O2/c1-5-17(4,16(20)21-7-3)12-14-13-10-8-9-11-15(13)19(6-2)18-14/h5,8-11H,1,6-7,12H2,2-4H3. The first-order valence-electron chi connectivity index (χ1n) is 7.31. The van der Waals surface area contributed by atoms with Crippen LogP contribution in [-0.2, 0) is 22.5 Å². The number of para-hydroxylation sites is 1. The minimum absolute atomic E-state index is 0.255. The van der Waals surface area contributed by atoms with Crippen molar-refractivity contribution in [1.82, 2.24) is 9.78 Å². The van der Waals surface area contributed by atoms with Gasteiger partial charge >= 0.3 is 5.97 Å². The molecular weight excluding hydrogens is 264 g/mol. The molecule has 1 unspecified atom stereocenters. The van der Waals surface area contributed by atoms with Crippen molar-refractivity contribution in [2.24, 2.45) is 5.41 Å². The lowest BCUT2D eigenvalue weighted by Gasteiger charge is -2.22. The van der Waals surface area contributed by atoms with Crippen LogP contribution in [0.25, 0.3) is 10.9 Å². The highest BCUT2D eigenvalue weighted by Crippen LogP contribution is 2.29. The minimum atomic E-state index is -0.758. The van der Waals surface area contributed by atoms with Gasteiger partial charge in [0.25, 0.3) is 0 Å². The van der Waals surface area contributed by atoms with Crippen molar-refractivity contribution < 1.29 is 9.53 Å². The maximum Gasteiger partial charge on any atom is 0.316 e. The number of fused-ring (bicyclic) bond motifs is 1. The molecular formula is C17H22N2O2. The van der Waals surface area contributed by atoms with Gasteiger partial charge in [-0.2, -0.15) is 5.10 Å². The summed E-state index contributed by atoms with van der Waals surface area (Å²) in [6, 6.07) is 8.07. The summed E-state index contributed by atoms with van der Waals surface area (Å²) >= 11 is 0. The fraction of sp³-hybridized carbons (Fsp3) is 0.412. The molecule has 4 nitrogen and oxygen atoms in total. The molecule has 0 saturated heterocycles. The predicted molar refractivity (Wildman–Crippen MR) is 84.0 cm³/mol. The molecule has 0 spiro atoms. The number of aromatic nitrogens is 2. The first-order valence-corrected chi connectivity index (χ1v) is 7.31. The van der Waals surface area contributed by atoms with E-state index in [-0.39, 0.29) is 5.97 Å². The van der Waals surface area contributed by atoms with Gasteiger partial charge in [0, 0.05) is 18.4 Å². The second-order valence-corrected chi connectivity index (χ2v) is 5.30. The molecule has 0 aliphatic rings. The van der Waals surface area contributed by atoms with Crippen LogP contribution in [0.5, 0.6) is 0 Å². The van der Waals surface area contributed by atoms with E-state index in [1.807, 2.05) is 42.8 Å². The van der Waals surface area contributed by atoms with E-state index >= 15 is 0 Å². The van der Waals surface area contributed by atoms with Gasteiger partial charge in [-0.15, -0.1) is 6.58 Å². The molecule has 2 rings (SSSR count). The van der Waals surface area contributed by atoms with Gasteiger partial charge in [0.1, 0.15) is 0 Å². The second kappa shape index (κ2) is 6.12. The van der Waals surface area contributed by atoms with Gasteiger partial charge in [-0.25, -0.2) is 0 Å². The summed E-state index contributed by atoms with van der Waals surface area (Å²) in [4.78, 5) is 12.2. The zero-order valence-electron chi connectivity index (χ0n) is 12.9. The van der Waals surface area contributed by atoms with Crippen LogP contribution in [0.15, 0.2) is 36.9 Å². The molecule has 112 valence electrons. The van der Waals surface area contributed by atoms with Gasteiger partial charge in [0.2, 0.25) is 0 Å². The summed E-state index contributed by atoms with van der Waals surface area (Å²) in [6.45, 7) is 10.7. The van der Waals surface area contributed by atoms with Crippen molar-refractivity contribution in [3.05, 3.63) is 42.6 Å². The van der Waals surface area contributed by atoms with Gasteiger partial charge in [-0.05, 0) is 26.8 Å². The largest absolute Gasteiger partial charge is 0.465 e. The molecule has 0 N–H and O–H groups in total. The van der Waals surface area contributed by atoms with Gasteiger partial charge in [0.05, 0.1) is 23.2 Å². The number of rotatable bonds is 6. The van der Waals surface area contributed by atoms with Crippen molar-refractivity contribution in [2.45, 2.75) is 33.7 Å². The van der Waals surface area contributed by atoms with Gasteiger partial charge in [-0.1, -0.05) is 24.3 Å². The maximum atomic E-state index is 12.2. The van der Waals surface area contributed by atoms with E-state index in [4.69, 9.17) is 4.74 Å². The molecule has 21 heavy (non-hydrogen) atoms. The van der Waals surface area contributed by atoms with Gasteiger partial charge in [-0.3, -0.25) is 9.48 Å². The SMILES string of the molecule is C=CC(C)(Cc1nn(CC)c2ccccc12)C(=O)OCC. The zero-order chi connectivity index (χ0) is 15.5. The Morgan fingerprint density at radius 2 is 2.14 bits per heavy atom. The Morgan fingerprint density at radius 3 is 2.76 bits per heavy atom. The predicted octanol–water partition coefficient (Wildman–Crippen LogP) is 3.35. The molecule has 0 fully saturated rings. The van der Waals surface area contributed by atoms with Crippen LogP contribution in [0.1, 0.15) is 26.5 Å². The molecule has 0 aliphatic carbocycles. The highest BCUT2D eigenvalue weighted by Gasteiger charge is 2.33. The van der Waals surface area contributed by atoms with Crippen LogP contribution in [0.3, 0.4) is 0 Å². The fourth-order valence-corrected chi connectivity index (χ4v) is 2.44. The molecule has 0 bridgehead atoms. The lowest BCUT2D eigenvalue weighted by molar-refractivity contribution is -0.151. The number of carbonyl (C=O) groups is 1. The fourth-order valence-electron chi connectivity index (χ4n) is 2.44. The molecule has 0 saturated carbocycles. The van der Waals surface area contributed by atoms with Crippen LogP contribution in [0.4, 0.5) is 0 Å². The summed E-state index contributed by atoms with van der Waals surface area (Å²) in [5, 5.41) is 5.72. The Hall–Kier alpha value is -2.10. The first-order chi connectivity index (χ1) is 10.1. The summed E-state index contributed by atoms with van der Waals surface area (Å²) in [5.74, 6) is -0.255. The third kappa shape index (κ3) is 2.84. The summed E-state index contributed by atoms with van der Waals surface area (Å²) in [7, 11) is 0. The number of aryl methyl sites for hydroxylation is 1. The average Bonchev–Trinajstić information content (AvgIpc) is 2.85. The molecule has 1 aromatic carbocycles. The Morgan fingerprint density at radius 1 is 1.43 bits per heavy atom. The first kappa shape index (κ1) is 15.3. The number of nitrogens with zero attached hydrogens (tertiary/aromatic N) is 2. The lowest BCUT2D eigenvalue weighted by Crippen LogP contribution is -2.30. The monoisotopic (exact) mass is 286 g/mol. The van der Waals surface area contributed by atoms with Crippen molar-refractivity contribution in [3.8, 4) is 0 Å². The molecule has 1 aromatic heterocycles. The van der Waals surface area contributed by atoms with E-state index < -0.39 is 5.41 Å². The van der Waals surface area contributed by atoms with Crippen LogP contribution < -0.4 is 0 Å². The molecule has 0 radical (unpaired) electrons. The summed E-state index contributed by atoms with van der Waals surface area (Å²) in [6.07, 6.45) is 2.15. The lowest BCUT2D eigenvalue weighted by atomic mass is 9.85. The molecule has 1 atom stereocenters. The number of hydrogen-bond donors (Lipinski definition) is 0. The third-order valence-corrected chi connectivity index (χ3v) is 3.76. The Labute approximate surface area is 125 Å². The average molecular weight is 286 g/mol. The molecule has 4 heteroatoms. The van der Waals surface area contributed by atoms with Gasteiger partial charge in [0.15, 0.2) is 0 Å². The second-order valence-electron chi connectivity index (χ2n) is 5.30. The maximum absolute atomic E-state index is 12.2. The van der Waals surface area contributed by atoms with Gasteiger partial charge < -0.3 is 4.74 Å². The van der Waals surface area contributed by atoms with Crippen molar-refractivity contribution >= 4 is 16.9 Å². The number of benzene rings is 1. The van der Waals surface area contributed by atoms with Crippen LogP contribution >= 0.6 is 0 Å². The normalized spacial score (nSPS) is 13.9. The number of hydrogen-bond acceptors (Lipinski definition) is 3. The Balaban J connectivity index is 2.42. The topological polar surface area (TPSA) is 44.1 Å². The molecule has 0 aliphatic heterocycles. The van der Waals surface area contributed by atoms with E-state index in [1.54, 1.807) is 6.08 Å². The van der Waals surface area contributed by atoms with E-state index in [2.05, 4.69) is 18.6 Å².